The maximum atomic E-state index is 5.67. The van der Waals surface area contributed by atoms with E-state index in [1.807, 2.05) is 12.1 Å². The van der Waals surface area contributed by atoms with Crippen molar-refractivity contribution in [3.8, 4) is 0 Å². The van der Waals surface area contributed by atoms with Crippen LogP contribution in [0.5, 0.6) is 0 Å². The van der Waals surface area contributed by atoms with E-state index in [0.717, 1.165) is 23.1 Å². The van der Waals surface area contributed by atoms with Crippen molar-refractivity contribution >= 4 is 38.8 Å². The fourth-order valence-corrected chi connectivity index (χ4v) is 3.64. The summed E-state index contributed by atoms with van der Waals surface area (Å²) in [5.74, 6) is 0. The second-order valence-electron chi connectivity index (χ2n) is 5.41. The van der Waals surface area contributed by atoms with Crippen molar-refractivity contribution in [1.82, 2.24) is 0 Å². The third-order valence-corrected chi connectivity index (χ3v) is 5.38. The number of anilines is 1. The molecule has 1 aliphatic heterocycles. The minimum Gasteiger partial charge on any atom is -0.389 e. The lowest BCUT2D eigenvalue weighted by molar-refractivity contribution is 0.301. The number of halogens is 1. The van der Waals surface area contributed by atoms with E-state index in [1.165, 1.54) is 24.9 Å². The number of hydrogen-bond acceptors (Lipinski definition) is 2. The Balaban J connectivity index is 2.22. The minimum atomic E-state index is 0.449. The first kappa shape index (κ1) is 14.8. The third-order valence-electron chi connectivity index (χ3n) is 4.51. The second-order valence-corrected chi connectivity index (χ2v) is 6.70. The number of benzene rings is 1. The van der Waals surface area contributed by atoms with E-state index in [0.29, 0.717) is 10.4 Å². The lowest BCUT2D eigenvalue weighted by Gasteiger charge is -2.27. The molecule has 0 bridgehead atoms. The standard InChI is InChI=1S/C15H21BrN2S/c1-3-15(4-2)7-8-18(10-15)13-6-5-11(14(17)19)9-12(13)16/h5-6,9H,3-4,7-8,10H2,1-2H3,(H2,17,19). The number of rotatable bonds is 4. The monoisotopic (exact) mass is 340 g/mol. The van der Waals surface area contributed by atoms with Gasteiger partial charge in [-0.2, -0.15) is 0 Å². The summed E-state index contributed by atoms with van der Waals surface area (Å²) in [6.45, 7) is 6.88. The fraction of sp³-hybridized carbons (Fsp3) is 0.533. The molecule has 0 aliphatic carbocycles. The molecule has 0 aromatic heterocycles. The first-order valence-electron chi connectivity index (χ1n) is 6.85. The quantitative estimate of drug-likeness (QED) is 0.836. The van der Waals surface area contributed by atoms with Crippen LogP contribution in [0, 0.1) is 5.41 Å². The van der Waals surface area contributed by atoms with Gasteiger partial charge in [0.05, 0.1) is 5.69 Å². The molecule has 1 heterocycles. The zero-order chi connectivity index (χ0) is 14.0. The Labute approximate surface area is 129 Å². The summed E-state index contributed by atoms with van der Waals surface area (Å²) in [6, 6.07) is 6.16. The van der Waals surface area contributed by atoms with Crippen LogP contribution in [-0.2, 0) is 0 Å². The molecule has 2 rings (SSSR count). The SMILES string of the molecule is CCC1(CC)CCN(c2ccc(C(N)=S)cc2Br)C1. The molecule has 1 fully saturated rings. The van der Waals surface area contributed by atoms with E-state index >= 15 is 0 Å². The molecule has 1 saturated heterocycles. The van der Waals surface area contributed by atoms with E-state index in [-0.39, 0.29) is 0 Å². The molecule has 0 spiro atoms. The first-order valence-corrected chi connectivity index (χ1v) is 8.06. The number of nitrogens with zero attached hydrogens (tertiary/aromatic N) is 1. The molecule has 0 amide bonds. The maximum absolute atomic E-state index is 5.67. The van der Waals surface area contributed by atoms with Gasteiger partial charge in [-0.05, 0) is 58.8 Å². The van der Waals surface area contributed by atoms with Gasteiger partial charge < -0.3 is 10.6 Å². The normalized spacial score (nSPS) is 17.7. The van der Waals surface area contributed by atoms with E-state index in [1.54, 1.807) is 0 Å². The van der Waals surface area contributed by atoms with Gasteiger partial charge in [0.2, 0.25) is 0 Å². The molecule has 4 heteroatoms. The van der Waals surface area contributed by atoms with Crippen LogP contribution in [0.3, 0.4) is 0 Å². The Kier molecular flexibility index (Phi) is 4.51. The molecule has 0 radical (unpaired) electrons. The highest BCUT2D eigenvalue weighted by Crippen LogP contribution is 2.41. The summed E-state index contributed by atoms with van der Waals surface area (Å²) in [5, 5.41) is 0. The van der Waals surface area contributed by atoms with Crippen molar-refractivity contribution in [2.75, 3.05) is 18.0 Å². The van der Waals surface area contributed by atoms with Crippen molar-refractivity contribution in [3.05, 3.63) is 28.2 Å². The van der Waals surface area contributed by atoms with Gasteiger partial charge in [-0.25, -0.2) is 0 Å². The molecule has 1 aromatic rings. The second kappa shape index (κ2) is 5.80. The van der Waals surface area contributed by atoms with Crippen molar-refractivity contribution in [3.63, 3.8) is 0 Å². The van der Waals surface area contributed by atoms with Crippen molar-refractivity contribution in [2.24, 2.45) is 11.1 Å². The first-order chi connectivity index (χ1) is 9.01. The summed E-state index contributed by atoms with van der Waals surface area (Å²) in [6.07, 6.45) is 3.79. The topological polar surface area (TPSA) is 29.3 Å². The van der Waals surface area contributed by atoms with Gasteiger partial charge in [-0.15, -0.1) is 0 Å². The zero-order valence-corrected chi connectivity index (χ0v) is 14.0. The van der Waals surface area contributed by atoms with Crippen LogP contribution in [0.2, 0.25) is 0 Å². The highest BCUT2D eigenvalue weighted by molar-refractivity contribution is 9.10. The predicted octanol–water partition coefficient (Wildman–Crippen LogP) is 4.10. The molecule has 0 unspecified atom stereocenters. The van der Waals surface area contributed by atoms with E-state index < -0.39 is 0 Å². The van der Waals surface area contributed by atoms with Crippen LogP contribution in [0.25, 0.3) is 0 Å². The van der Waals surface area contributed by atoms with Crippen LogP contribution in [0.4, 0.5) is 5.69 Å². The van der Waals surface area contributed by atoms with Crippen LogP contribution in [0.15, 0.2) is 22.7 Å². The van der Waals surface area contributed by atoms with Crippen LogP contribution in [-0.4, -0.2) is 18.1 Å². The van der Waals surface area contributed by atoms with E-state index in [2.05, 4.69) is 40.7 Å². The van der Waals surface area contributed by atoms with E-state index in [4.69, 9.17) is 18.0 Å². The molecule has 2 N–H and O–H groups in total. The Hall–Kier alpha value is -0.610. The summed E-state index contributed by atoms with van der Waals surface area (Å²) < 4.78 is 1.08. The molecule has 19 heavy (non-hydrogen) atoms. The smallest absolute Gasteiger partial charge is 0.104 e. The Morgan fingerprint density at radius 3 is 2.58 bits per heavy atom. The largest absolute Gasteiger partial charge is 0.389 e. The van der Waals surface area contributed by atoms with Crippen molar-refractivity contribution < 1.29 is 0 Å². The van der Waals surface area contributed by atoms with Crippen LogP contribution >= 0.6 is 28.1 Å². The van der Waals surface area contributed by atoms with Crippen molar-refractivity contribution in [2.45, 2.75) is 33.1 Å². The van der Waals surface area contributed by atoms with Gasteiger partial charge in [0.25, 0.3) is 0 Å². The molecule has 0 saturated carbocycles. The minimum absolute atomic E-state index is 0.449. The lowest BCUT2D eigenvalue weighted by atomic mass is 9.82. The maximum Gasteiger partial charge on any atom is 0.104 e. The molecular formula is C15H21BrN2S. The van der Waals surface area contributed by atoms with Crippen LogP contribution in [0.1, 0.15) is 38.7 Å². The highest BCUT2D eigenvalue weighted by Gasteiger charge is 2.35. The third kappa shape index (κ3) is 2.95. The van der Waals surface area contributed by atoms with Crippen molar-refractivity contribution in [1.29, 1.82) is 0 Å². The Morgan fingerprint density at radius 2 is 2.11 bits per heavy atom. The highest BCUT2D eigenvalue weighted by atomic mass is 79.9. The molecule has 1 aromatic carbocycles. The molecule has 104 valence electrons. The molecular weight excluding hydrogens is 320 g/mol. The average Bonchev–Trinajstić information content (AvgIpc) is 2.83. The predicted molar refractivity (Wildman–Crippen MR) is 89.9 cm³/mol. The fourth-order valence-electron chi connectivity index (χ4n) is 2.88. The summed E-state index contributed by atoms with van der Waals surface area (Å²) in [4.78, 5) is 2.92. The molecule has 2 nitrogen and oxygen atoms in total. The van der Waals surface area contributed by atoms with Gasteiger partial charge in [0.1, 0.15) is 4.99 Å². The summed E-state index contributed by atoms with van der Waals surface area (Å²) in [5.41, 5.74) is 8.33. The van der Waals surface area contributed by atoms with Gasteiger partial charge in [0, 0.05) is 23.1 Å². The number of thiocarbonyl (C=S) groups is 1. The van der Waals surface area contributed by atoms with Gasteiger partial charge in [-0.1, -0.05) is 26.1 Å². The van der Waals surface area contributed by atoms with E-state index in [9.17, 15) is 0 Å². The summed E-state index contributed by atoms with van der Waals surface area (Å²) in [7, 11) is 0. The zero-order valence-electron chi connectivity index (χ0n) is 11.6. The lowest BCUT2D eigenvalue weighted by Crippen LogP contribution is -2.26. The molecule has 0 atom stereocenters. The van der Waals surface area contributed by atoms with Gasteiger partial charge in [-0.3, -0.25) is 0 Å². The number of hydrogen-bond donors (Lipinski definition) is 1. The Morgan fingerprint density at radius 1 is 1.42 bits per heavy atom. The Bertz CT molecular complexity index is 483. The average molecular weight is 341 g/mol. The molecule has 1 aliphatic rings. The van der Waals surface area contributed by atoms with Gasteiger partial charge in [0.15, 0.2) is 0 Å². The summed E-state index contributed by atoms with van der Waals surface area (Å²) >= 11 is 8.67. The number of nitrogens with two attached hydrogens (primary N) is 1. The van der Waals surface area contributed by atoms with Crippen LogP contribution < -0.4 is 10.6 Å². The van der Waals surface area contributed by atoms with Gasteiger partial charge >= 0.3 is 0 Å².